The Labute approximate surface area is 136 Å². The average Bonchev–Trinajstić information content (AvgIpc) is 2.51. The van der Waals surface area contributed by atoms with Crippen molar-refractivity contribution in [3.63, 3.8) is 0 Å². The summed E-state index contributed by atoms with van der Waals surface area (Å²) in [6.45, 7) is 6.38. The quantitative estimate of drug-likeness (QED) is 0.825. The van der Waals surface area contributed by atoms with Crippen LogP contribution in [0.1, 0.15) is 45.9 Å². The molecule has 0 aliphatic carbocycles. The molecule has 5 heteroatoms. The van der Waals surface area contributed by atoms with Gasteiger partial charge in [-0.2, -0.15) is 0 Å². The number of carbonyl (C=O) groups excluding carboxylic acids is 1. The number of hydrogen-bond acceptors (Lipinski definition) is 3. The van der Waals surface area contributed by atoms with E-state index >= 15 is 0 Å². The zero-order chi connectivity index (χ0) is 16.8. The summed E-state index contributed by atoms with van der Waals surface area (Å²) in [5, 5.41) is 3.57. The highest BCUT2D eigenvalue weighted by Gasteiger charge is 2.10. The predicted octanol–water partition coefficient (Wildman–Crippen LogP) is 2.80. The maximum atomic E-state index is 12.0. The van der Waals surface area contributed by atoms with E-state index in [4.69, 9.17) is 0 Å². The number of aromatic amines is 1. The van der Waals surface area contributed by atoms with E-state index in [0.717, 1.165) is 12.8 Å². The normalized spacial score (nSPS) is 12.5. The summed E-state index contributed by atoms with van der Waals surface area (Å²) in [5.74, 6) is 1.19. The van der Waals surface area contributed by atoms with Crippen LogP contribution in [0.15, 0.2) is 29.1 Å². The molecule has 2 N–H and O–H groups in total. The van der Waals surface area contributed by atoms with Crippen LogP contribution < -0.4 is 10.9 Å². The van der Waals surface area contributed by atoms with Crippen LogP contribution in [0.2, 0.25) is 0 Å². The summed E-state index contributed by atoms with van der Waals surface area (Å²) in [5.41, 5.74) is 0.508. The van der Waals surface area contributed by atoms with Crippen molar-refractivity contribution < 1.29 is 4.79 Å². The molecule has 1 atom stereocenters. The van der Waals surface area contributed by atoms with Gasteiger partial charge in [-0.1, -0.05) is 26.0 Å². The number of amides is 1. The second-order valence-corrected chi connectivity index (χ2v) is 6.47. The zero-order valence-electron chi connectivity index (χ0n) is 14.1. The van der Waals surface area contributed by atoms with E-state index in [9.17, 15) is 9.59 Å². The molecule has 0 bridgehead atoms. The molecule has 0 aliphatic heterocycles. The smallest absolute Gasteiger partial charge is 0.258 e. The summed E-state index contributed by atoms with van der Waals surface area (Å²) in [6.07, 6.45) is 2.84. The van der Waals surface area contributed by atoms with E-state index in [1.165, 1.54) is 0 Å². The average molecular weight is 315 g/mol. The molecule has 1 amide bonds. The fraction of sp³-hybridized carbons (Fsp3) is 0.500. The summed E-state index contributed by atoms with van der Waals surface area (Å²) >= 11 is 0. The molecule has 0 radical (unpaired) electrons. The van der Waals surface area contributed by atoms with Crippen LogP contribution >= 0.6 is 0 Å². The molecular formula is C18H25N3O2. The molecule has 124 valence electrons. The van der Waals surface area contributed by atoms with Crippen molar-refractivity contribution in [2.75, 3.05) is 0 Å². The second-order valence-electron chi connectivity index (χ2n) is 6.47. The van der Waals surface area contributed by atoms with Gasteiger partial charge in [0, 0.05) is 18.9 Å². The van der Waals surface area contributed by atoms with E-state index in [1.807, 2.05) is 25.1 Å². The molecule has 1 heterocycles. The Morgan fingerprint density at radius 2 is 1.96 bits per heavy atom. The molecule has 0 spiro atoms. The lowest BCUT2D eigenvalue weighted by molar-refractivity contribution is -0.121. The third-order valence-corrected chi connectivity index (χ3v) is 3.84. The number of hydrogen-bond donors (Lipinski definition) is 2. The largest absolute Gasteiger partial charge is 0.354 e. The molecule has 5 nitrogen and oxygen atoms in total. The van der Waals surface area contributed by atoms with Crippen molar-refractivity contribution in [1.82, 2.24) is 15.3 Å². The number of aryl methyl sites for hydroxylation is 1. The van der Waals surface area contributed by atoms with Gasteiger partial charge in [0.15, 0.2) is 0 Å². The Hall–Kier alpha value is -2.17. The van der Waals surface area contributed by atoms with Gasteiger partial charge in [-0.25, -0.2) is 4.98 Å². The fourth-order valence-electron chi connectivity index (χ4n) is 2.49. The van der Waals surface area contributed by atoms with Gasteiger partial charge in [0.05, 0.1) is 10.9 Å². The minimum absolute atomic E-state index is 0.00272. The minimum atomic E-state index is -0.156. The Kier molecular flexibility index (Phi) is 5.90. The first-order valence-electron chi connectivity index (χ1n) is 8.23. The summed E-state index contributed by atoms with van der Waals surface area (Å²) in [7, 11) is 0. The number of fused-ring (bicyclic) bond motifs is 1. The van der Waals surface area contributed by atoms with Gasteiger partial charge in [0.2, 0.25) is 5.91 Å². The summed E-state index contributed by atoms with van der Waals surface area (Å²) in [6, 6.07) is 7.39. The number of nitrogens with zero attached hydrogens (tertiary/aromatic N) is 1. The molecule has 1 aromatic carbocycles. The van der Waals surface area contributed by atoms with Gasteiger partial charge >= 0.3 is 0 Å². The lowest BCUT2D eigenvalue weighted by Gasteiger charge is -2.15. The third kappa shape index (κ3) is 5.20. The number of rotatable bonds is 7. The zero-order valence-corrected chi connectivity index (χ0v) is 14.1. The molecule has 0 saturated carbocycles. The van der Waals surface area contributed by atoms with Crippen LogP contribution in [-0.4, -0.2) is 21.9 Å². The topological polar surface area (TPSA) is 74.8 Å². The van der Waals surface area contributed by atoms with Gasteiger partial charge in [-0.05, 0) is 37.8 Å². The minimum Gasteiger partial charge on any atom is -0.354 e. The number of aromatic nitrogens is 2. The number of para-hydroxylation sites is 1. The van der Waals surface area contributed by atoms with E-state index in [2.05, 4.69) is 29.1 Å². The number of carbonyl (C=O) groups is 1. The highest BCUT2D eigenvalue weighted by Crippen LogP contribution is 2.08. The van der Waals surface area contributed by atoms with Gasteiger partial charge < -0.3 is 10.3 Å². The maximum Gasteiger partial charge on any atom is 0.258 e. The fourth-order valence-corrected chi connectivity index (χ4v) is 2.49. The van der Waals surface area contributed by atoms with Crippen molar-refractivity contribution in [3.8, 4) is 0 Å². The van der Waals surface area contributed by atoms with Gasteiger partial charge in [-0.15, -0.1) is 0 Å². The summed E-state index contributed by atoms with van der Waals surface area (Å²) in [4.78, 5) is 31.1. The highest BCUT2D eigenvalue weighted by atomic mass is 16.1. The van der Waals surface area contributed by atoms with E-state index in [1.54, 1.807) is 6.07 Å². The van der Waals surface area contributed by atoms with Crippen LogP contribution in [0, 0.1) is 5.92 Å². The molecule has 1 aromatic heterocycles. The summed E-state index contributed by atoms with van der Waals surface area (Å²) < 4.78 is 0. The maximum absolute atomic E-state index is 12.0. The van der Waals surface area contributed by atoms with Crippen molar-refractivity contribution >= 4 is 16.8 Å². The molecule has 0 fully saturated rings. The molecular weight excluding hydrogens is 290 g/mol. The molecule has 0 aliphatic rings. The molecule has 23 heavy (non-hydrogen) atoms. The first-order chi connectivity index (χ1) is 11.0. The van der Waals surface area contributed by atoms with Crippen molar-refractivity contribution in [2.45, 2.75) is 52.5 Å². The van der Waals surface area contributed by atoms with Gasteiger partial charge in [0.1, 0.15) is 5.82 Å². The van der Waals surface area contributed by atoms with Crippen LogP contribution in [0.5, 0.6) is 0 Å². The Morgan fingerprint density at radius 1 is 1.22 bits per heavy atom. The van der Waals surface area contributed by atoms with E-state index in [-0.39, 0.29) is 17.5 Å². The monoisotopic (exact) mass is 315 g/mol. The van der Waals surface area contributed by atoms with Crippen molar-refractivity contribution in [2.24, 2.45) is 5.92 Å². The van der Waals surface area contributed by atoms with Crippen LogP contribution in [0.3, 0.4) is 0 Å². The number of nitrogens with one attached hydrogen (secondary N) is 2. The van der Waals surface area contributed by atoms with Crippen LogP contribution in [0.4, 0.5) is 0 Å². The highest BCUT2D eigenvalue weighted by molar-refractivity contribution is 5.78. The molecule has 1 unspecified atom stereocenters. The first-order valence-corrected chi connectivity index (χ1v) is 8.23. The molecule has 2 aromatic rings. The lowest BCUT2D eigenvalue weighted by Crippen LogP contribution is -2.33. The second kappa shape index (κ2) is 7.90. The van der Waals surface area contributed by atoms with Crippen LogP contribution in [-0.2, 0) is 11.2 Å². The van der Waals surface area contributed by atoms with Crippen LogP contribution in [0.25, 0.3) is 10.9 Å². The van der Waals surface area contributed by atoms with Gasteiger partial charge in [-0.3, -0.25) is 9.59 Å². The van der Waals surface area contributed by atoms with Crippen molar-refractivity contribution in [1.29, 1.82) is 0 Å². The molecule has 0 saturated heterocycles. The van der Waals surface area contributed by atoms with Crippen molar-refractivity contribution in [3.05, 3.63) is 40.4 Å². The Morgan fingerprint density at radius 3 is 2.70 bits per heavy atom. The van der Waals surface area contributed by atoms with E-state index in [0.29, 0.717) is 35.5 Å². The predicted molar refractivity (Wildman–Crippen MR) is 92.4 cm³/mol. The third-order valence-electron chi connectivity index (χ3n) is 3.84. The SMILES string of the molecule is CC(C)CCC(C)NC(=O)CCc1nc2ccccc2c(=O)[nH]1. The lowest BCUT2D eigenvalue weighted by atomic mass is 10.0. The first kappa shape index (κ1) is 17.2. The van der Waals surface area contributed by atoms with E-state index < -0.39 is 0 Å². The molecule has 2 rings (SSSR count). The Balaban J connectivity index is 1.90. The standard InChI is InChI=1S/C18H25N3O2/c1-12(2)8-9-13(3)19-17(22)11-10-16-20-15-7-5-4-6-14(15)18(23)21-16/h4-7,12-13H,8-11H2,1-3H3,(H,19,22)(H,20,21,23). The Bertz CT molecular complexity index is 722. The number of benzene rings is 1. The number of H-pyrrole nitrogens is 1. The van der Waals surface area contributed by atoms with Gasteiger partial charge in [0.25, 0.3) is 5.56 Å².